The molecular formula is C58H46N4. The summed E-state index contributed by atoms with van der Waals surface area (Å²) in [6.45, 7) is 0. The molecule has 2 aliphatic heterocycles. The molecule has 4 nitrogen and oxygen atoms in total. The zero-order valence-electron chi connectivity index (χ0n) is 34.5. The number of allylic oxidation sites excluding steroid dienone is 6. The van der Waals surface area contributed by atoms with Crippen LogP contribution in [0, 0.1) is 5.92 Å². The Balaban J connectivity index is 0.816. The standard InChI is InChI=1S/C58H46N4/c1-4-17-40(18-5-1)56-39-58(47-24-6-2-7-25-47)60-57(62(56)58)46-23-15-20-42(36-46)41-19-14-22-45(35-41)50-29-10-12-31-53(50)59-48-26-16-21-43(37-48)44-33-34-52-51-30-11-13-32-54(51)61(55(52)38-44)49-27-8-3-9-28-49/h1-9,11-28,30-35,37-39,46,57,59-60H,10,29,36H2/t46?,57?,58-/m1/s1. The van der Waals surface area contributed by atoms with Crippen LogP contribution < -0.4 is 10.6 Å². The first kappa shape index (κ1) is 36.5. The molecule has 1 aromatic heterocycles. The molecule has 3 heterocycles. The maximum Gasteiger partial charge on any atom is 0.142 e. The van der Waals surface area contributed by atoms with E-state index in [9.17, 15) is 0 Å². The molecule has 0 bridgehead atoms. The smallest absolute Gasteiger partial charge is 0.142 e. The molecule has 0 spiro atoms. The Kier molecular flexibility index (Phi) is 8.79. The fourth-order valence-electron chi connectivity index (χ4n) is 10.4. The second-order valence-electron chi connectivity index (χ2n) is 17.0. The normalized spacial score (nSPS) is 20.4. The van der Waals surface area contributed by atoms with Crippen molar-refractivity contribution in [3.05, 3.63) is 246 Å². The van der Waals surface area contributed by atoms with Crippen LogP contribution in [0.4, 0.5) is 5.69 Å². The van der Waals surface area contributed by atoms with E-state index >= 15 is 0 Å². The molecule has 12 rings (SSSR count). The molecule has 8 aromatic rings. The third-order valence-electron chi connectivity index (χ3n) is 13.3. The number of benzene rings is 7. The average molecular weight is 799 g/mol. The number of fused-ring (bicyclic) bond motifs is 4. The molecule has 4 heteroatoms. The monoisotopic (exact) mass is 798 g/mol. The molecule has 298 valence electrons. The van der Waals surface area contributed by atoms with Crippen LogP contribution in [-0.4, -0.2) is 15.6 Å². The van der Waals surface area contributed by atoms with E-state index in [0.717, 1.165) is 30.6 Å². The van der Waals surface area contributed by atoms with E-state index in [1.54, 1.807) is 0 Å². The minimum Gasteiger partial charge on any atom is -0.355 e. The highest BCUT2D eigenvalue weighted by Crippen LogP contribution is 2.54. The predicted molar refractivity (Wildman–Crippen MR) is 258 cm³/mol. The van der Waals surface area contributed by atoms with Gasteiger partial charge in [-0.05, 0) is 118 Å². The Bertz CT molecular complexity index is 3170. The first-order valence-corrected chi connectivity index (χ1v) is 22.0. The second-order valence-corrected chi connectivity index (χ2v) is 17.0. The maximum atomic E-state index is 4.03. The number of rotatable bonds is 9. The van der Waals surface area contributed by atoms with Gasteiger partial charge in [0.05, 0.1) is 17.2 Å². The molecule has 0 saturated carbocycles. The highest BCUT2D eigenvalue weighted by molar-refractivity contribution is 6.10. The first-order chi connectivity index (χ1) is 30.7. The number of anilines is 1. The zero-order valence-corrected chi connectivity index (χ0v) is 34.5. The molecule has 7 aromatic carbocycles. The van der Waals surface area contributed by atoms with Gasteiger partial charge < -0.3 is 14.8 Å². The van der Waals surface area contributed by atoms with Crippen molar-refractivity contribution in [2.45, 2.75) is 31.1 Å². The van der Waals surface area contributed by atoms with Gasteiger partial charge in [0, 0.05) is 39.5 Å². The minimum absolute atomic E-state index is 0.201. The van der Waals surface area contributed by atoms with Crippen molar-refractivity contribution >= 4 is 44.3 Å². The van der Waals surface area contributed by atoms with Crippen molar-refractivity contribution in [2.24, 2.45) is 5.92 Å². The summed E-state index contributed by atoms with van der Waals surface area (Å²) >= 11 is 0. The van der Waals surface area contributed by atoms with E-state index < -0.39 is 0 Å². The molecule has 62 heavy (non-hydrogen) atoms. The van der Waals surface area contributed by atoms with Gasteiger partial charge in [-0.3, -0.25) is 5.32 Å². The number of nitrogens with zero attached hydrogens (tertiary/aromatic N) is 2. The molecule has 2 aliphatic carbocycles. The van der Waals surface area contributed by atoms with Crippen LogP contribution in [0.1, 0.15) is 41.5 Å². The molecule has 1 fully saturated rings. The van der Waals surface area contributed by atoms with Crippen molar-refractivity contribution in [3.8, 4) is 16.8 Å². The summed E-state index contributed by atoms with van der Waals surface area (Å²) in [5.41, 5.74) is 17.1. The van der Waals surface area contributed by atoms with Gasteiger partial charge in [-0.15, -0.1) is 0 Å². The Morgan fingerprint density at radius 1 is 0.597 bits per heavy atom. The molecule has 0 radical (unpaired) electrons. The van der Waals surface area contributed by atoms with E-state index in [-0.39, 0.29) is 11.8 Å². The Hall–Kier alpha value is -7.40. The molecule has 4 aliphatic rings. The van der Waals surface area contributed by atoms with E-state index in [1.165, 1.54) is 77.7 Å². The van der Waals surface area contributed by atoms with E-state index in [2.05, 4.69) is 239 Å². The molecule has 2 unspecified atom stereocenters. The highest BCUT2D eigenvalue weighted by Gasteiger charge is 2.60. The van der Waals surface area contributed by atoms with Crippen molar-refractivity contribution in [1.82, 2.24) is 14.8 Å². The minimum atomic E-state index is -0.257. The van der Waals surface area contributed by atoms with E-state index in [4.69, 9.17) is 0 Å². The maximum absolute atomic E-state index is 4.03. The first-order valence-electron chi connectivity index (χ1n) is 22.0. The Morgan fingerprint density at radius 2 is 1.31 bits per heavy atom. The quantitative estimate of drug-likeness (QED) is 0.153. The summed E-state index contributed by atoms with van der Waals surface area (Å²) in [5.74, 6) is 0.326. The van der Waals surface area contributed by atoms with Crippen molar-refractivity contribution in [3.63, 3.8) is 0 Å². The second kappa shape index (κ2) is 14.9. The van der Waals surface area contributed by atoms with Gasteiger partial charge in [0.25, 0.3) is 0 Å². The van der Waals surface area contributed by atoms with Gasteiger partial charge in [-0.25, -0.2) is 0 Å². The van der Waals surface area contributed by atoms with Crippen molar-refractivity contribution in [1.29, 1.82) is 0 Å². The van der Waals surface area contributed by atoms with Crippen LogP contribution >= 0.6 is 0 Å². The molecule has 3 atom stereocenters. The zero-order chi connectivity index (χ0) is 41.0. The summed E-state index contributed by atoms with van der Waals surface area (Å²) in [4.78, 5) is 2.61. The van der Waals surface area contributed by atoms with Crippen LogP contribution in [0.25, 0.3) is 55.5 Å². The van der Waals surface area contributed by atoms with Gasteiger partial charge >= 0.3 is 0 Å². The number of aromatic nitrogens is 1. The topological polar surface area (TPSA) is 32.2 Å². The number of para-hydroxylation sites is 2. The van der Waals surface area contributed by atoms with Crippen molar-refractivity contribution < 1.29 is 0 Å². The summed E-state index contributed by atoms with van der Waals surface area (Å²) in [6.07, 6.45) is 17.1. The Labute approximate surface area is 363 Å². The van der Waals surface area contributed by atoms with Crippen molar-refractivity contribution in [2.75, 3.05) is 5.32 Å². The summed E-state index contributed by atoms with van der Waals surface area (Å²) in [6, 6.07) is 66.1. The number of hydrogen-bond donors (Lipinski definition) is 2. The van der Waals surface area contributed by atoms with Gasteiger partial charge in [-0.2, -0.15) is 0 Å². The van der Waals surface area contributed by atoms with Gasteiger partial charge in [0.15, 0.2) is 0 Å². The summed E-state index contributed by atoms with van der Waals surface area (Å²) in [5, 5.41) is 10.4. The van der Waals surface area contributed by atoms with Crippen LogP contribution in [0.2, 0.25) is 0 Å². The lowest BCUT2D eigenvalue weighted by Gasteiger charge is -2.67. The highest BCUT2D eigenvalue weighted by atomic mass is 15.6. The SMILES string of the molecule is C1=CC(C2N[C@]3(c4ccccc4)C=C(c4ccccc4)N23)CC(c2cccc(C3=C(Nc4cccc(-c5ccc6c7ccccc7n(-c7ccccc7)c6c5)c4)C=CCC3)c2)=C1. The third kappa shape index (κ3) is 6.09. The lowest BCUT2D eigenvalue weighted by Crippen LogP contribution is -2.80. The van der Waals surface area contributed by atoms with E-state index in [1.807, 2.05) is 0 Å². The molecule has 2 N–H and O–H groups in total. The summed E-state index contributed by atoms with van der Waals surface area (Å²) < 4.78 is 2.39. The molecular weight excluding hydrogens is 753 g/mol. The van der Waals surface area contributed by atoms with Gasteiger partial charge in [0.1, 0.15) is 5.66 Å². The van der Waals surface area contributed by atoms with Crippen LogP contribution in [0.3, 0.4) is 0 Å². The number of hydrogen-bond acceptors (Lipinski definition) is 3. The predicted octanol–water partition coefficient (Wildman–Crippen LogP) is 13.7. The summed E-state index contributed by atoms with van der Waals surface area (Å²) in [7, 11) is 0. The van der Waals surface area contributed by atoms with Crippen LogP contribution in [0.15, 0.2) is 224 Å². The molecule has 0 amide bonds. The van der Waals surface area contributed by atoms with Gasteiger partial charge in [-0.1, -0.05) is 164 Å². The fourth-order valence-corrected chi connectivity index (χ4v) is 10.4. The molecule has 1 saturated heterocycles. The Morgan fingerprint density at radius 3 is 2.18 bits per heavy atom. The largest absolute Gasteiger partial charge is 0.355 e. The van der Waals surface area contributed by atoms with Crippen LogP contribution in [0.5, 0.6) is 0 Å². The van der Waals surface area contributed by atoms with Gasteiger partial charge in [0.2, 0.25) is 0 Å². The fraction of sp³-hybridized carbons (Fsp3) is 0.103. The van der Waals surface area contributed by atoms with Crippen LogP contribution in [-0.2, 0) is 5.66 Å². The average Bonchev–Trinajstić information content (AvgIpc) is 3.67. The number of nitrogens with one attached hydrogen (secondary N) is 2. The van der Waals surface area contributed by atoms with E-state index in [0.29, 0.717) is 5.92 Å². The lowest BCUT2D eigenvalue weighted by atomic mass is 9.75. The third-order valence-corrected chi connectivity index (χ3v) is 13.3. The lowest BCUT2D eigenvalue weighted by molar-refractivity contribution is -0.0806.